The molecule has 3 aromatic rings. The first-order valence-electron chi connectivity index (χ1n) is 11.0. The van der Waals surface area contributed by atoms with Crippen molar-refractivity contribution in [1.82, 2.24) is 30.2 Å². The number of rotatable bonds is 4. The van der Waals surface area contributed by atoms with Crippen molar-refractivity contribution in [2.24, 2.45) is 0 Å². The highest BCUT2D eigenvalue weighted by Gasteiger charge is 2.28. The molecule has 2 aliphatic heterocycles. The summed E-state index contributed by atoms with van der Waals surface area (Å²) in [6.07, 6.45) is 1.77. The van der Waals surface area contributed by atoms with E-state index in [2.05, 4.69) is 38.4 Å². The van der Waals surface area contributed by atoms with E-state index >= 15 is 0 Å². The minimum Gasteiger partial charge on any atom is -0.457 e. The summed E-state index contributed by atoms with van der Waals surface area (Å²) >= 11 is 0. The second-order valence-corrected chi connectivity index (χ2v) is 8.62. The Hall–Kier alpha value is -3.61. The molecular formula is C24H25N7O2. The van der Waals surface area contributed by atoms with E-state index in [1.807, 2.05) is 32.0 Å². The number of carbonyl (C=O) groups excluding carboxylic acids is 1. The molecule has 168 valence electrons. The van der Waals surface area contributed by atoms with E-state index in [0.717, 1.165) is 42.0 Å². The second kappa shape index (κ2) is 8.39. The standard InChI is InChI=1S/C24H25N7O2/c1-14-8-23(28-16(3)20(14)9-25)31-27-10-17(29-31)11-30-7-6-26-22(12-30)18-4-5-19-21(15(18)2)13-33-24(19)32/h4-5,8,10,22,26H,6-7,11-13H2,1-3H3. The van der Waals surface area contributed by atoms with E-state index in [0.29, 0.717) is 35.8 Å². The number of piperazine rings is 1. The zero-order valence-electron chi connectivity index (χ0n) is 18.9. The maximum atomic E-state index is 11.9. The average molecular weight is 444 g/mol. The summed E-state index contributed by atoms with van der Waals surface area (Å²) in [4.78, 5) is 20.2. The number of aromatic nitrogens is 4. The smallest absolute Gasteiger partial charge is 0.338 e. The number of nitriles is 1. The number of nitrogens with one attached hydrogen (secondary N) is 1. The van der Waals surface area contributed by atoms with Gasteiger partial charge in [-0.1, -0.05) is 6.07 Å². The fourth-order valence-corrected chi connectivity index (χ4v) is 4.70. The van der Waals surface area contributed by atoms with Gasteiger partial charge in [0.1, 0.15) is 12.7 Å². The maximum absolute atomic E-state index is 11.9. The van der Waals surface area contributed by atoms with Gasteiger partial charge in [-0.05, 0) is 49.6 Å². The van der Waals surface area contributed by atoms with Crippen LogP contribution in [0, 0.1) is 32.1 Å². The summed E-state index contributed by atoms with van der Waals surface area (Å²) in [5.74, 6) is 0.377. The first-order chi connectivity index (χ1) is 15.9. The topological polar surface area (TPSA) is 109 Å². The van der Waals surface area contributed by atoms with Crippen LogP contribution in [0.5, 0.6) is 0 Å². The van der Waals surface area contributed by atoms with E-state index in [1.165, 1.54) is 10.4 Å². The predicted molar refractivity (Wildman–Crippen MR) is 120 cm³/mol. The number of nitrogens with zero attached hydrogens (tertiary/aromatic N) is 6. The van der Waals surface area contributed by atoms with Crippen molar-refractivity contribution in [3.63, 3.8) is 0 Å². The summed E-state index contributed by atoms with van der Waals surface area (Å²) in [5.41, 5.74) is 7.00. The first kappa shape index (κ1) is 21.2. The molecule has 1 fully saturated rings. The monoisotopic (exact) mass is 443 g/mol. The van der Waals surface area contributed by atoms with E-state index < -0.39 is 0 Å². The van der Waals surface area contributed by atoms with Crippen LogP contribution in [0.4, 0.5) is 0 Å². The molecule has 1 N–H and O–H groups in total. The largest absolute Gasteiger partial charge is 0.457 e. The highest BCUT2D eigenvalue weighted by atomic mass is 16.5. The Kier molecular flexibility index (Phi) is 5.40. The number of fused-ring (bicyclic) bond motifs is 1. The zero-order chi connectivity index (χ0) is 23.1. The van der Waals surface area contributed by atoms with Crippen molar-refractivity contribution < 1.29 is 9.53 Å². The number of aryl methyl sites for hydroxylation is 2. The van der Waals surface area contributed by atoms with Gasteiger partial charge < -0.3 is 10.1 Å². The van der Waals surface area contributed by atoms with Crippen LogP contribution < -0.4 is 5.32 Å². The van der Waals surface area contributed by atoms with Crippen molar-refractivity contribution >= 4 is 5.97 Å². The summed E-state index contributed by atoms with van der Waals surface area (Å²) < 4.78 is 5.20. The Morgan fingerprint density at radius 3 is 2.94 bits per heavy atom. The Morgan fingerprint density at radius 2 is 2.15 bits per heavy atom. The Bertz CT molecular complexity index is 1270. The van der Waals surface area contributed by atoms with Crippen molar-refractivity contribution in [1.29, 1.82) is 5.26 Å². The van der Waals surface area contributed by atoms with Gasteiger partial charge in [0.15, 0.2) is 5.82 Å². The number of benzene rings is 1. The summed E-state index contributed by atoms with van der Waals surface area (Å²) in [5, 5.41) is 21.9. The number of esters is 1. The van der Waals surface area contributed by atoms with Gasteiger partial charge in [0, 0.05) is 37.8 Å². The Morgan fingerprint density at radius 1 is 1.30 bits per heavy atom. The summed E-state index contributed by atoms with van der Waals surface area (Å²) in [6, 6.07) is 8.12. The average Bonchev–Trinajstić information content (AvgIpc) is 3.41. The van der Waals surface area contributed by atoms with Gasteiger partial charge in [-0.2, -0.15) is 15.5 Å². The van der Waals surface area contributed by atoms with E-state index in [-0.39, 0.29) is 12.0 Å². The van der Waals surface area contributed by atoms with Gasteiger partial charge in [-0.15, -0.1) is 4.80 Å². The number of ether oxygens (including phenoxy) is 1. The molecule has 0 saturated carbocycles. The normalized spacial score (nSPS) is 18.1. The van der Waals surface area contributed by atoms with Crippen molar-refractivity contribution in [2.75, 3.05) is 19.6 Å². The highest BCUT2D eigenvalue weighted by Crippen LogP contribution is 2.30. The molecule has 1 saturated heterocycles. The van der Waals surface area contributed by atoms with E-state index in [1.54, 1.807) is 6.20 Å². The lowest BCUT2D eigenvalue weighted by Crippen LogP contribution is -2.45. The quantitative estimate of drug-likeness (QED) is 0.612. The van der Waals surface area contributed by atoms with Gasteiger partial charge in [-0.3, -0.25) is 4.90 Å². The van der Waals surface area contributed by atoms with E-state index in [9.17, 15) is 10.1 Å². The number of cyclic esters (lactones) is 1. The molecule has 33 heavy (non-hydrogen) atoms. The number of hydrogen-bond donors (Lipinski definition) is 1. The van der Waals surface area contributed by atoms with Gasteiger partial charge in [0.25, 0.3) is 0 Å². The van der Waals surface area contributed by atoms with Crippen LogP contribution in [-0.2, 0) is 17.9 Å². The molecule has 1 atom stereocenters. The molecule has 0 amide bonds. The maximum Gasteiger partial charge on any atom is 0.338 e. The third kappa shape index (κ3) is 3.88. The van der Waals surface area contributed by atoms with Crippen molar-refractivity contribution in [2.45, 2.75) is 40.0 Å². The predicted octanol–water partition coefficient (Wildman–Crippen LogP) is 2.28. The fourth-order valence-electron chi connectivity index (χ4n) is 4.70. The first-order valence-corrected chi connectivity index (χ1v) is 11.0. The summed E-state index contributed by atoms with van der Waals surface area (Å²) in [6.45, 7) is 9.41. The van der Waals surface area contributed by atoms with Crippen LogP contribution >= 0.6 is 0 Å². The molecule has 9 nitrogen and oxygen atoms in total. The van der Waals surface area contributed by atoms with Gasteiger partial charge >= 0.3 is 5.97 Å². The van der Waals surface area contributed by atoms with Crippen LogP contribution in [0.25, 0.3) is 5.82 Å². The molecule has 1 aromatic carbocycles. The van der Waals surface area contributed by atoms with Gasteiger partial charge in [0.2, 0.25) is 0 Å². The lowest BCUT2D eigenvalue weighted by molar-refractivity contribution is 0.0535. The molecule has 0 aliphatic carbocycles. The molecule has 0 bridgehead atoms. The molecule has 9 heteroatoms. The zero-order valence-corrected chi connectivity index (χ0v) is 18.9. The summed E-state index contributed by atoms with van der Waals surface area (Å²) in [7, 11) is 0. The molecule has 4 heterocycles. The van der Waals surface area contributed by atoms with Crippen LogP contribution in [0.3, 0.4) is 0 Å². The molecule has 2 aliphatic rings. The SMILES string of the molecule is Cc1cc(-n2ncc(CN3CCNC(c4ccc5c(c4C)COC5=O)C3)n2)nc(C)c1C#N. The number of carbonyl (C=O) groups is 1. The molecule has 1 unspecified atom stereocenters. The van der Waals surface area contributed by atoms with Gasteiger partial charge in [-0.25, -0.2) is 9.78 Å². The third-order valence-corrected chi connectivity index (χ3v) is 6.47. The van der Waals surface area contributed by atoms with Crippen LogP contribution in [0.15, 0.2) is 24.4 Å². The third-order valence-electron chi connectivity index (χ3n) is 6.47. The Balaban J connectivity index is 1.31. The van der Waals surface area contributed by atoms with Crippen molar-refractivity contribution in [3.05, 3.63) is 69.2 Å². The second-order valence-electron chi connectivity index (χ2n) is 8.62. The van der Waals surface area contributed by atoms with Crippen molar-refractivity contribution in [3.8, 4) is 11.9 Å². The van der Waals surface area contributed by atoms with Crippen LogP contribution in [0.1, 0.15) is 55.6 Å². The molecular weight excluding hydrogens is 418 g/mol. The van der Waals surface area contributed by atoms with E-state index in [4.69, 9.17) is 4.74 Å². The minimum absolute atomic E-state index is 0.167. The van der Waals surface area contributed by atoms with Crippen LogP contribution in [-0.4, -0.2) is 50.5 Å². The molecule has 2 aromatic heterocycles. The highest BCUT2D eigenvalue weighted by molar-refractivity contribution is 5.94. The molecule has 5 rings (SSSR count). The molecule has 0 radical (unpaired) electrons. The van der Waals surface area contributed by atoms with Crippen LogP contribution in [0.2, 0.25) is 0 Å². The number of hydrogen-bond acceptors (Lipinski definition) is 8. The lowest BCUT2D eigenvalue weighted by Gasteiger charge is -2.34. The lowest BCUT2D eigenvalue weighted by atomic mass is 9.93. The minimum atomic E-state index is -0.233. The number of pyridine rings is 1. The fraction of sp³-hybridized carbons (Fsp3) is 0.375. The Labute approximate surface area is 192 Å². The van der Waals surface area contributed by atoms with Gasteiger partial charge in [0.05, 0.1) is 28.7 Å². The molecule has 0 spiro atoms.